The number of para-hydroxylation sites is 3. The van der Waals surface area contributed by atoms with Gasteiger partial charge in [0, 0.05) is 39.2 Å². The van der Waals surface area contributed by atoms with E-state index in [-0.39, 0.29) is 5.92 Å². The zero-order valence-electron chi connectivity index (χ0n) is 19.5. The molecule has 2 atom stereocenters. The molecule has 0 spiro atoms. The molecule has 0 aliphatic heterocycles. The van der Waals surface area contributed by atoms with E-state index in [0.717, 1.165) is 11.3 Å². The maximum absolute atomic E-state index is 6.31. The van der Waals surface area contributed by atoms with Gasteiger partial charge in [-0.3, -0.25) is 0 Å². The summed E-state index contributed by atoms with van der Waals surface area (Å²) >= 11 is 0. The number of benzene rings is 4. The van der Waals surface area contributed by atoms with Gasteiger partial charge in [0.25, 0.3) is 0 Å². The highest BCUT2D eigenvalue weighted by Gasteiger charge is 2.40. The van der Waals surface area contributed by atoms with Gasteiger partial charge >= 0.3 is 0 Å². The Bertz CT molecular complexity index is 1990. The van der Waals surface area contributed by atoms with E-state index in [9.17, 15) is 0 Å². The van der Waals surface area contributed by atoms with Crippen LogP contribution in [0.3, 0.4) is 0 Å². The Kier molecular flexibility index (Phi) is 3.41. The molecule has 3 aliphatic carbocycles. The topological polar surface area (TPSA) is 18.1 Å². The first-order chi connectivity index (χ1) is 17.9. The molecule has 2 unspecified atom stereocenters. The van der Waals surface area contributed by atoms with Gasteiger partial charge in [-0.2, -0.15) is 0 Å². The Morgan fingerprint density at radius 3 is 2.42 bits per heavy atom. The largest absolute Gasteiger partial charge is 0.456 e. The summed E-state index contributed by atoms with van der Waals surface area (Å²) in [5.41, 5.74) is 11.5. The summed E-state index contributed by atoms with van der Waals surface area (Å²) in [5, 5.41) is 3.89. The third-order valence-corrected chi connectivity index (χ3v) is 8.34. The molecule has 36 heavy (non-hydrogen) atoms. The van der Waals surface area contributed by atoms with Gasteiger partial charge in [-0.25, -0.2) is 0 Å². The van der Waals surface area contributed by atoms with Crippen molar-refractivity contribution in [1.29, 1.82) is 0 Å². The average molecular weight is 460 g/mol. The van der Waals surface area contributed by atoms with E-state index >= 15 is 0 Å². The van der Waals surface area contributed by atoms with Crippen LogP contribution in [0.1, 0.15) is 39.8 Å². The molecule has 0 bridgehead atoms. The van der Waals surface area contributed by atoms with Crippen molar-refractivity contribution >= 4 is 51.0 Å². The summed E-state index contributed by atoms with van der Waals surface area (Å²) in [6.07, 6.45) is 11.7. The third-order valence-electron chi connectivity index (χ3n) is 8.34. The van der Waals surface area contributed by atoms with Crippen molar-refractivity contribution in [2.24, 2.45) is 0 Å². The predicted molar refractivity (Wildman–Crippen MR) is 149 cm³/mol. The normalized spacial score (nSPS) is 19.1. The molecule has 168 valence electrons. The molecule has 2 nitrogen and oxygen atoms in total. The van der Waals surface area contributed by atoms with Crippen LogP contribution in [0.5, 0.6) is 0 Å². The van der Waals surface area contributed by atoms with E-state index in [1.165, 1.54) is 60.7 Å². The Morgan fingerprint density at radius 2 is 1.50 bits per heavy atom. The molecule has 0 amide bonds. The average Bonchev–Trinajstić information content (AvgIpc) is 3.47. The summed E-state index contributed by atoms with van der Waals surface area (Å²) in [5.74, 6) is 1.59. The minimum Gasteiger partial charge on any atom is -0.456 e. The third kappa shape index (κ3) is 2.23. The molecule has 0 radical (unpaired) electrons. The van der Waals surface area contributed by atoms with E-state index < -0.39 is 0 Å². The zero-order chi connectivity index (χ0) is 23.4. The summed E-state index contributed by atoms with van der Waals surface area (Å²) in [4.78, 5) is 0. The van der Waals surface area contributed by atoms with E-state index in [1.54, 1.807) is 0 Å². The SMILES string of the molecule is C1=Cc2c3c(cc4c2c2ccccc2n4-c2ccccc2)C=CC2c4c(oc5ccccc45)C=C1C32. The molecular weight excluding hydrogens is 438 g/mol. The van der Waals surface area contributed by atoms with Crippen molar-refractivity contribution in [2.75, 3.05) is 0 Å². The van der Waals surface area contributed by atoms with Crippen molar-refractivity contribution in [3.05, 3.63) is 131 Å². The van der Waals surface area contributed by atoms with Gasteiger partial charge in [-0.05, 0) is 58.7 Å². The van der Waals surface area contributed by atoms with Crippen LogP contribution in [0.4, 0.5) is 0 Å². The number of nitrogens with zero attached hydrogens (tertiary/aromatic N) is 1. The Morgan fingerprint density at radius 1 is 0.694 bits per heavy atom. The van der Waals surface area contributed by atoms with Crippen molar-refractivity contribution in [3.8, 4) is 5.69 Å². The molecule has 0 fully saturated rings. The zero-order valence-corrected chi connectivity index (χ0v) is 19.5. The van der Waals surface area contributed by atoms with Crippen LogP contribution in [0, 0.1) is 0 Å². The second kappa shape index (κ2) is 6.56. The lowest BCUT2D eigenvalue weighted by Gasteiger charge is -2.37. The van der Waals surface area contributed by atoms with Crippen molar-refractivity contribution in [1.82, 2.24) is 4.57 Å². The number of fused-ring (bicyclic) bond motifs is 8. The summed E-state index contributed by atoms with van der Waals surface area (Å²) in [6, 6.07) is 30.4. The lowest BCUT2D eigenvalue weighted by molar-refractivity contribution is 0.578. The second-order valence-electron chi connectivity index (χ2n) is 10.1. The summed E-state index contributed by atoms with van der Waals surface area (Å²) in [6.45, 7) is 0. The minimum absolute atomic E-state index is 0.278. The Balaban J connectivity index is 1.39. The van der Waals surface area contributed by atoms with Crippen LogP contribution in [-0.2, 0) is 0 Å². The highest BCUT2D eigenvalue weighted by molar-refractivity contribution is 6.15. The van der Waals surface area contributed by atoms with Gasteiger partial charge in [0.2, 0.25) is 0 Å². The van der Waals surface area contributed by atoms with Gasteiger partial charge in [0.05, 0.1) is 11.0 Å². The van der Waals surface area contributed by atoms with E-state index in [1.807, 2.05) is 0 Å². The standard InChI is InChI=1S/C34H21NO/c1-2-8-22(9-3-1)35-27-12-6-4-10-23(27)33-25-16-15-21-19-30-34(24-11-5-7-13-29(24)36-30)26-17-14-20(18-28(33)35)31(25)32(21)26/h1-19,26,32H. The minimum atomic E-state index is 0.278. The van der Waals surface area contributed by atoms with Crippen LogP contribution in [0.2, 0.25) is 0 Å². The molecule has 6 aromatic rings. The Hall–Kier alpha value is -4.56. The van der Waals surface area contributed by atoms with Crippen molar-refractivity contribution in [2.45, 2.75) is 11.8 Å². The highest BCUT2D eigenvalue weighted by atomic mass is 16.3. The number of hydrogen-bond donors (Lipinski definition) is 0. The highest BCUT2D eigenvalue weighted by Crippen LogP contribution is 2.56. The quantitative estimate of drug-likeness (QED) is 0.240. The summed E-state index contributed by atoms with van der Waals surface area (Å²) in [7, 11) is 0. The van der Waals surface area contributed by atoms with Crippen LogP contribution in [-0.4, -0.2) is 4.57 Å². The fourth-order valence-electron chi connectivity index (χ4n) is 6.95. The van der Waals surface area contributed by atoms with E-state index in [4.69, 9.17) is 4.42 Å². The molecule has 3 aliphatic rings. The monoisotopic (exact) mass is 459 g/mol. The van der Waals surface area contributed by atoms with E-state index in [2.05, 4.69) is 120 Å². The Labute approximate surface area is 208 Å². The van der Waals surface area contributed by atoms with E-state index in [0.29, 0.717) is 5.92 Å². The van der Waals surface area contributed by atoms with Crippen LogP contribution in [0.15, 0.2) is 107 Å². The maximum Gasteiger partial charge on any atom is 0.135 e. The first-order valence-electron chi connectivity index (χ1n) is 12.6. The molecule has 2 heterocycles. The number of furan rings is 1. The van der Waals surface area contributed by atoms with Crippen LogP contribution < -0.4 is 0 Å². The smallest absolute Gasteiger partial charge is 0.135 e. The first-order valence-corrected chi connectivity index (χ1v) is 12.6. The number of rotatable bonds is 1. The molecule has 2 heteroatoms. The van der Waals surface area contributed by atoms with Gasteiger partial charge in [0.15, 0.2) is 0 Å². The van der Waals surface area contributed by atoms with Crippen LogP contribution in [0.25, 0.3) is 56.7 Å². The lowest BCUT2D eigenvalue weighted by Crippen LogP contribution is -2.22. The molecule has 4 aromatic carbocycles. The lowest BCUT2D eigenvalue weighted by atomic mass is 9.65. The fraction of sp³-hybridized carbons (Fsp3) is 0.0588. The number of allylic oxidation sites excluding steroid dienone is 3. The molecule has 2 aromatic heterocycles. The fourth-order valence-corrected chi connectivity index (χ4v) is 6.95. The molecule has 9 rings (SSSR count). The van der Waals surface area contributed by atoms with Crippen LogP contribution >= 0.6 is 0 Å². The predicted octanol–water partition coefficient (Wildman–Crippen LogP) is 8.85. The van der Waals surface area contributed by atoms with Gasteiger partial charge in [-0.1, -0.05) is 78.9 Å². The van der Waals surface area contributed by atoms with Crippen molar-refractivity contribution < 1.29 is 4.42 Å². The van der Waals surface area contributed by atoms with Gasteiger partial charge in [-0.15, -0.1) is 0 Å². The first kappa shape index (κ1) is 18.7. The molecule has 0 saturated heterocycles. The molecule has 0 N–H and O–H groups in total. The molecular formula is C34H21NO. The summed E-state index contributed by atoms with van der Waals surface area (Å²) < 4.78 is 8.73. The number of aromatic nitrogens is 1. The maximum atomic E-state index is 6.31. The van der Waals surface area contributed by atoms with Gasteiger partial charge in [0.1, 0.15) is 11.3 Å². The van der Waals surface area contributed by atoms with Gasteiger partial charge < -0.3 is 8.98 Å². The number of hydrogen-bond acceptors (Lipinski definition) is 1. The molecule has 0 saturated carbocycles. The second-order valence-corrected chi connectivity index (χ2v) is 10.1. The van der Waals surface area contributed by atoms with Crippen molar-refractivity contribution in [3.63, 3.8) is 0 Å².